The Morgan fingerprint density at radius 2 is 2.20 bits per heavy atom. The summed E-state index contributed by atoms with van der Waals surface area (Å²) in [4.78, 5) is 7.96. The molecule has 0 saturated heterocycles. The van der Waals surface area contributed by atoms with Crippen LogP contribution in [0, 0.1) is 4.64 Å². The van der Waals surface area contributed by atoms with Crippen molar-refractivity contribution < 1.29 is 4.74 Å². The molecule has 0 atom stereocenters. The first-order chi connectivity index (χ1) is 9.79. The van der Waals surface area contributed by atoms with Gasteiger partial charge in [-0.15, -0.1) is 0 Å². The molecule has 5 heteroatoms. The third-order valence-electron chi connectivity index (χ3n) is 3.40. The maximum atomic E-state index is 5.67. The Kier molecular flexibility index (Phi) is 3.80. The van der Waals surface area contributed by atoms with E-state index in [-0.39, 0.29) is 0 Å². The van der Waals surface area contributed by atoms with E-state index in [1.165, 1.54) is 5.69 Å². The molecular weight excluding hydrogens is 270 g/mol. The summed E-state index contributed by atoms with van der Waals surface area (Å²) in [7, 11) is 0. The molecule has 0 spiro atoms. The van der Waals surface area contributed by atoms with Gasteiger partial charge in [-0.1, -0.05) is 24.4 Å². The first kappa shape index (κ1) is 13.3. The van der Waals surface area contributed by atoms with Crippen LogP contribution in [0.4, 0.5) is 0 Å². The minimum atomic E-state index is 0.632. The summed E-state index contributed by atoms with van der Waals surface area (Å²) in [6, 6.07) is 7.91. The number of benzene rings is 1. The molecule has 0 unspecified atom stereocenters. The molecule has 1 aliphatic heterocycles. The topological polar surface area (TPSA) is 49.9 Å². The number of nitrogens with zero attached hydrogens (tertiary/aromatic N) is 1. The van der Waals surface area contributed by atoms with E-state index < -0.39 is 0 Å². The van der Waals surface area contributed by atoms with Gasteiger partial charge in [0.15, 0.2) is 0 Å². The van der Waals surface area contributed by atoms with E-state index in [0.717, 1.165) is 42.2 Å². The van der Waals surface area contributed by atoms with E-state index in [1.807, 2.05) is 31.2 Å². The summed E-state index contributed by atoms with van der Waals surface area (Å²) in [5.74, 6) is 1.63. The van der Waals surface area contributed by atoms with E-state index >= 15 is 0 Å². The minimum Gasteiger partial charge on any atom is -0.493 e. The van der Waals surface area contributed by atoms with Gasteiger partial charge in [-0.05, 0) is 19.1 Å². The van der Waals surface area contributed by atoms with Crippen molar-refractivity contribution in [2.45, 2.75) is 19.9 Å². The highest BCUT2D eigenvalue weighted by Gasteiger charge is 2.15. The lowest BCUT2D eigenvalue weighted by molar-refractivity contribution is 0.341. The molecule has 0 radical (unpaired) electrons. The highest BCUT2D eigenvalue weighted by molar-refractivity contribution is 7.71. The Morgan fingerprint density at radius 1 is 1.35 bits per heavy atom. The van der Waals surface area contributed by atoms with Crippen molar-refractivity contribution in [2.24, 2.45) is 0 Å². The molecule has 1 aromatic heterocycles. The summed E-state index contributed by atoms with van der Waals surface area (Å²) < 4.78 is 6.34. The van der Waals surface area contributed by atoms with Gasteiger partial charge in [0.25, 0.3) is 0 Å². The number of para-hydroxylation sites is 1. The van der Waals surface area contributed by atoms with E-state index in [1.54, 1.807) is 0 Å². The summed E-state index contributed by atoms with van der Waals surface area (Å²) in [5.41, 5.74) is 3.26. The molecule has 104 valence electrons. The lowest BCUT2D eigenvalue weighted by Crippen LogP contribution is -2.25. The number of hydrogen-bond donors (Lipinski definition) is 2. The second kappa shape index (κ2) is 5.73. The van der Waals surface area contributed by atoms with Crippen LogP contribution in [-0.2, 0) is 13.0 Å². The Balaban J connectivity index is 2.11. The number of H-pyrrole nitrogens is 1. The Bertz CT molecular complexity index is 681. The maximum absolute atomic E-state index is 5.67. The van der Waals surface area contributed by atoms with Gasteiger partial charge in [0.2, 0.25) is 0 Å². The zero-order chi connectivity index (χ0) is 13.9. The predicted octanol–water partition coefficient (Wildman–Crippen LogP) is 2.85. The molecule has 1 aliphatic rings. The largest absolute Gasteiger partial charge is 0.493 e. The van der Waals surface area contributed by atoms with Crippen LogP contribution in [0.3, 0.4) is 0 Å². The highest BCUT2D eigenvalue weighted by Crippen LogP contribution is 2.28. The average Bonchev–Trinajstić information content (AvgIpc) is 2.48. The van der Waals surface area contributed by atoms with Gasteiger partial charge in [0, 0.05) is 30.8 Å². The van der Waals surface area contributed by atoms with Crippen molar-refractivity contribution in [3.63, 3.8) is 0 Å². The van der Waals surface area contributed by atoms with Crippen LogP contribution in [-0.4, -0.2) is 23.1 Å². The first-order valence-electron chi connectivity index (χ1n) is 6.84. The van der Waals surface area contributed by atoms with Gasteiger partial charge in [-0.2, -0.15) is 0 Å². The Labute approximate surface area is 123 Å². The molecule has 0 saturated carbocycles. The van der Waals surface area contributed by atoms with Crippen LogP contribution in [0.2, 0.25) is 0 Å². The van der Waals surface area contributed by atoms with Crippen LogP contribution in [0.1, 0.15) is 18.2 Å². The van der Waals surface area contributed by atoms with Crippen LogP contribution in [0.5, 0.6) is 5.75 Å². The number of hydrogen-bond acceptors (Lipinski definition) is 4. The van der Waals surface area contributed by atoms with Crippen molar-refractivity contribution in [3.05, 3.63) is 40.2 Å². The molecule has 0 amide bonds. The summed E-state index contributed by atoms with van der Waals surface area (Å²) in [6.45, 7) is 4.37. The second-order valence-electron chi connectivity index (χ2n) is 4.70. The molecule has 0 bridgehead atoms. The lowest BCUT2D eigenvalue weighted by atomic mass is 10.1. The molecular formula is C15H17N3OS. The monoisotopic (exact) mass is 287 g/mol. The van der Waals surface area contributed by atoms with Crippen molar-refractivity contribution in [2.75, 3.05) is 13.2 Å². The number of aromatic nitrogens is 2. The van der Waals surface area contributed by atoms with Crippen LogP contribution < -0.4 is 10.1 Å². The zero-order valence-electron chi connectivity index (χ0n) is 11.4. The van der Waals surface area contributed by atoms with Gasteiger partial charge < -0.3 is 15.0 Å². The van der Waals surface area contributed by atoms with Gasteiger partial charge >= 0.3 is 0 Å². The smallest absolute Gasteiger partial charge is 0.142 e. The zero-order valence-corrected chi connectivity index (χ0v) is 12.2. The molecule has 1 aromatic carbocycles. The van der Waals surface area contributed by atoms with Crippen molar-refractivity contribution in [3.8, 4) is 17.1 Å². The molecule has 2 aromatic rings. The molecule has 20 heavy (non-hydrogen) atoms. The number of rotatable bonds is 3. The first-order valence-corrected chi connectivity index (χ1v) is 7.25. The molecule has 0 aliphatic carbocycles. The second-order valence-corrected chi connectivity index (χ2v) is 5.09. The maximum Gasteiger partial charge on any atom is 0.142 e. The molecule has 2 heterocycles. The fourth-order valence-electron chi connectivity index (χ4n) is 2.44. The van der Waals surface area contributed by atoms with E-state index in [2.05, 4.69) is 15.3 Å². The number of fused-ring (bicyclic) bond motifs is 1. The van der Waals surface area contributed by atoms with Gasteiger partial charge in [-0.25, -0.2) is 4.98 Å². The fraction of sp³-hybridized carbons (Fsp3) is 0.333. The van der Waals surface area contributed by atoms with Crippen LogP contribution >= 0.6 is 12.2 Å². The lowest BCUT2D eigenvalue weighted by Gasteiger charge is -2.18. The highest BCUT2D eigenvalue weighted by atomic mass is 32.1. The van der Waals surface area contributed by atoms with Crippen LogP contribution in [0.25, 0.3) is 11.4 Å². The van der Waals surface area contributed by atoms with E-state index in [4.69, 9.17) is 17.0 Å². The normalized spacial score (nSPS) is 13.8. The van der Waals surface area contributed by atoms with E-state index in [9.17, 15) is 0 Å². The van der Waals surface area contributed by atoms with Gasteiger partial charge in [-0.3, -0.25) is 0 Å². The summed E-state index contributed by atoms with van der Waals surface area (Å²) in [5, 5.41) is 3.32. The minimum absolute atomic E-state index is 0.632. The molecule has 4 nitrogen and oxygen atoms in total. The molecule has 3 rings (SSSR count). The van der Waals surface area contributed by atoms with Crippen molar-refractivity contribution in [1.29, 1.82) is 0 Å². The fourth-order valence-corrected chi connectivity index (χ4v) is 2.72. The van der Waals surface area contributed by atoms with Crippen LogP contribution in [0.15, 0.2) is 24.3 Å². The standard InChI is InChI=1S/C15H17N3OS/c1-2-19-13-6-4-3-5-10(13)14-17-12-7-8-16-9-11(12)15(20)18-14/h3-6,16H,2,7-9H2,1H3,(H,17,18,20). The third-order valence-corrected chi connectivity index (χ3v) is 3.74. The van der Waals surface area contributed by atoms with Crippen molar-refractivity contribution in [1.82, 2.24) is 15.3 Å². The quantitative estimate of drug-likeness (QED) is 0.852. The summed E-state index contributed by atoms with van der Waals surface area (Å²) >= 11 is 5.42. The van der Waals surface area contributed by atoms with Gasteiger partial charge in [0.1, 0.15) is 16.2 Å². The third kappa shape index (κ3) is 2.46. The SMILES string of the molecule is CCOc1ccccc1-c1nc(=S)c2c([nH]1)CCNC2. The average molecular weight is 287 g/mol. The summed E-state index contributed by atoms with van der Waals surface area (Å²) in [6.07, 6.45) is 0.950. The van der Waals surface area contributed by atoms with Gasteiger partial charge in [0.05, 0.1) is 12.2 Å². The predicted molar refractivity (Wildman–Crippen MR) is 81.4 cm³/mol. The number of aromatic amines is 1. The Morgan fingerprint density at radius 3 is 3.05 bits per heavy atom. The van der Waals surface area contributed by atoms with E-state index in [0.29, 0.717) is 11.2 Å². The Hall–Kier alpha value is -1.72. The van der Waals surface area contributed by atoms with Crippen molar-refractivity contribution >= 4 is 12.2 Å². The molecule has 0 fully saturated rings. The molecule has 2 N–H and O–H groups in total. The number of ether oxygens (including phenoxy) is 1. The number of nitrogens with one attached hydrogen (secondary N) is 2.